The molecule has 3 unspecified atom stereocenters. The van der Waals surface area contributed by atoms with Gasteiger partial charge >= 0.3 is 0 Å². The van der Waals surface area contributed by atoms with Crippen molar-refractivity contribution in [1.29, 1.82) is 0 Å². The summed E-state index contributed by atoms with van der Waals surface area (Å²) in [7, 11) is 1.75. The molecule has 4 fully saturated rings. The topological polar surface area (TPSA) is 9.23 Å². The quantitative estimate of drug-likeness (QED) is 0.623. The second-order valence-electron chi connectivity index (χ2n) is 5.38. The molecule has 0 radical (unpaired) electrons. The summed E-state index contributed by atoms with van der Waals surface area (Å²) in [5.41, 5.74) is 0.343. The standard InChI is InChI=1S/C11H17ClO/c1-13-10(12)11-4-7-2-8(5-11)9(3-7)6-11/h7-10H,2-6H2,1H3. The molecule has 3 atom stereocenters. The van der Waals surface area contributed by atoms with Gasteiger partial charge in [0.2, 0.25) is 0 Å². The van der Waals surface area contributed by atoms with Gasteiger partial charge in [0, 0.05) is 12.5 Å². The van der Waals surface area contributed by atoms with Crippen LogP contribution in [0.1, 0.15) is 32.1 Å². The zero-order valence-electron chi connectivity index (χ0n) is 8.13. The molecular weight excluding hydrogens is 184 g/mol. The summed E-state index contributed by atoms with van der Waals surface area (Å²) in [5.74, 6) is 2.97. The van der Waals surface area contributed by atoms with Crippen molar-refractivity contribution in [3.05, 3.63) is 0 Å². The zero-order chi connectivity index (χ0) is 9.05. The Hall–Kier alpha value is 0.250. The van der Waals surface area contributed by atoms with Crippen LogP contribution in [0.4, 0.5) is 0 Å². The number of rotatable bonds is 2. The largest absolute Gasteiger partial charge is 0.365 e. The fraction of sp³-hybridized carbons (Fsp3) is 1.00. The van der Waals surface area contributed by atoms with E-state index in [4.69, 9.17) is 16.3 Å². The van der Waals surface area contributed by atoms with Crippen molar-refractivity contribution in [2.24, 2.45) is 23.2 Å². The minimum absolute atomic E-state index is 0.0249. The maximum Gasteiger partial charge on any atom is 0.136 e. The lowest BCUT2D eigenvalue weighted by atomic mass is 9.70. The van der Waals surface area contributed by atoms with E-state index < -0.39 is 0 Å². The maximum absolute atomic E-state index is 6.29. The molecule has 74 valence electrons. The van der Waals surface area contributed by atoms with Gasteiger partial charge in [-0.25, -0.2) is 0 Å². The van der Waals surface area contributed by atoms with Crippen LogP contribution in [-0.2, 0) is 4.74 Å². The SMILES string of the molecule is COC(Cl)C12CC3CC(C1)C(C3)C2. The molecule has 0 spiro atoms. The number of halogens is 1. The fourth-order valence-corrected chi connectivity index (χ4v) is 4.67. The molecular formula is C11H17ClO. The van der Waals surface area contributed by atoms with Crippen LogP contribution in [0.2, 0.25) is 0 Å². The molecule has 0 heterocycles. The Balaban J connectivity index is 1.87. The normalized spacial score (nSPS) is 54.5. The lowest BCUT2D eigenvalue weighted by Crippen LogP contribution is -2.36. The van der Waals surface area contributed by atoms with Gasteiger partial charge in [-0.1, -0.05) is 11.6 Å². The van der Waals surface area contributed by atoms with Crippen LogP contribution in [0, 0.1) is 23.2 Å². The van der Waals surface area contributed by atoms with E-state index in [2.05, 4.69) is 0 Å². The van der Waals surface area contributed by atoms with E-state index in [1.54, 1.807) is 7.11 Å². The zero-order valence-corrected chi connectivity index (χ0v) is 8.89. The van der Waals surface area contributed by atoms with Crippen LogP contribution >= 0.6 is 11.6 Å². The fourth-order valence-electron chi connectivity index (χ4n) is 4.40. The van der Waals surface area contributed by atoms with Gasteiger partial charge in [-0.15, -0.1) is 0 Å². The van der Waals surface area contributed by atoms with Gasteiger partial charge in [0.1, 0.15) is 5.56 Å². The van der Waals surface area contributed by atoms with Gasteiger partial charge in [0.15, 0.2) is 0 Å². The molecule has 4 saturated carbocycles. The van der Waals surface area contributed by atoms with E-state index in [0.717, 1.165) is 17.8 Å². The third-order valence-corrected chi connectivity index (χ3v) is 5.30. The Morgan fingerprint density at radius 3 is 2.31 bits per heavy atom. The summed E-state index contributed by atoms with van der Waals surface area (Å²) in [6, 6.07) is 0. The summed E-state index contributed by atoms with van der Waals surface area (Å²) in [5, 5.41) is 0. The molecule has 4 aliphatic rings. The van der Waals surface area contributed by atoms with Crippen molar-refractivity contribution >= 4 is 11.6 Å². The van der Waals surface area contributed by atoms with Gasteiger partial charge in [0.05, 0.1) is 0 Å². The van der Waals surface area contributed by atoms with Crippen LogP contribution in [-0.4, -0.2) is 12.7 Å². The smallest absolute Gasteiger partial charge is 0.136 e. The van der Waals surface area contributed by atoms with Gasteiger partial charge in [-0.05, 0) is 49.9 Å². The Kier molecular flexibility index (Phi) is 1.73. The number of alkyl halides is 1. The Bertz CT molecular complexity index is 209. The third-order valence-electron chi connectivity index (χ3n) is 4.66. The highest BCUT2D eigenvalue weighted by molar-refractivity contribution is 6.20. The van der Waals surface area contributed by atoms with Crippen molar-refractivity contribution in [3.63, 3.8) is 0 Å². The van der Waals surface area contributed by atoms with Crippen LogP contribution in [0.5, 0.6) is 0 Å². The summed E-state index contributed by atoms with van der Waals surface area (Å²) in [4.78, 5) is 0. The lowest BCUT2D eigenvalue weighted by molar-refractivity contribution is 0.00505. The molecule has 4 aliphatic carbocycles. The molecule has 0 aromatic rings. The van der Waals surface area contributed by atoms with E-state index in [0.29, 0.717) is 5.41 Å². The van der Waals surface area contributed by atoms with Gasteiger partial charge < -0.3 is 4.74 Å². The molecule has 0 aromatic heterocycles. The van der Waals surface area contributed by atoms with Crippen LogP contribution in [0.15, 0.2) is 0 Å². The van der Waals surface area contributed by atoms with Gasteiger partial charge in [-0.3, -0.25) is 0 Å². The van der Waals surface area contributed by atoms with Crippen molar-refractivity contribution < 1.29 is 4.74 Å². The highest BCUT2D eigenvalue weighted by Crippen LogP contribution is 2.66. The molecule has 13 heavy (non-hydrogen) atoms. The monoisotopic (exact) mass is 200 g/mol. The highest BCUT2D eigenvalue weighted by Gasteiger charge is 2.58. The maximum atomic E-state index is 6.29. The average Bonchev–Trinajstić information content (AvgIpc) is 2.53. The Morgan fingerprint density at radius 1 is 1.23 bits per heavy atom. The Labute approximate surface area is 84.8 Å². The first-order valence-corrected chi connectivity index (χ1v) is 5.84. The van der Waals surface area contributed by atoms with Crippen LogP contribution in [0.3, 0.4) is 0 Å². The summed E-state index contributed by atoms with van der Waals surface area (Å²) in [6.45, 7) is 0. The molecule has 4 bridgehead atoms. The first kappa shape index (κ1) is 8.55. The van der Waals surface area contributed by atoms with E-state index in [1.807, 2.05) is 0 Å². The van der Waals surface area contributed by atoms with Crippen molar-refractivity contribution in [1.82, 2.24) is 0 Å². The number of hydrogen-bond donors (Lipinski definition) is 0. The van der Waals surface area contributed by atoms with E-state index in [1.165, 1.54) is 32.1 Å². The second kappa shape index (κ2) is 2.64. The minimum Gasteiger partial charge on any atom is -0.365 e. The molecule has 0 saturated heterocycles. The van der Waals surface area contributed by atoms with E-state index >= 15 is 0 Å². The molecule has 0 amide bonds. The molecule has 2 heteroatoms. The molecule has 4 rings (SSSR count). The average molecular weight is 201 g/mol. The van der Waals surface area contributed by atoms with Gasteiger partial charge in [0.25, 0.3) is 0 Å². The number of hydrogen-bond acceptors (Lipinski definition) is 1. The first-order chi connectivity index (χ1) is 6.23. The molecule has 1 nitrogen and oxygen atoms in total. The summed E-state index contributed by atoms with van der Waals surface area (Å²) in [6.07, 6.45) is 6.99. The molecule has 0 aliphatic heterocycles. The van der Waals surface area contributed by atoms with Crippen molar-refractivity contribution in [3.8, 4) is 0 Å². The van der Waals surface area contributed by atoms with Gasteiger partial charge in [-0.2, -0.15) is 0 Å². The molecule has 0 aromatic carbocycles. The predicted molar refractivity (Wildman–Crippen MR) is 52.6 cm³/mol. The highest BCUT2D eigenvalue weighted by atomic mass is 35.5. The van der Waals surface area contributed by atoms with Crippen LogP contribution in [0.25, 0.3) is 0 Å². The predicted octanol–water partition coefficient (Wildman–Crippen LogP) is 3.02. The number of ether oxygens (including phenoxy) is 1. The lowest BCUT2D eigenvalue weighted by Gasteiger charge is -2.40. The Morgan fingerprint density at radius 2 is 1.85 bits per heavy atom. The van der Waals surface area contributed by atoms with Crippen molar-refractivity contribution in [2.45, 2.75) is 37.7 Å². The third kappa shape index (κ3) is 1.04. The van der Waals surface area contributed by atoms with E-state index in [9.17, 15) is 0 Å². The summed E-state index contributed by atoms with van der Waals surface area (Å²) >= 11 is 6.29. The van der Waals surface area contributed by atoms with E-state index in [-0.39, 0.29) is 5.56 Å². The number of methoxy groups -OCH3 is 1. The summed E-state index contributed by atoms with van der Waals surface area (Å²) < 4.78 is 5.34. The molecule has 0 N–H and O–H groups in total. The van der Waals surface area contributed by atoms with Crippen molar-refractivity contribution in [2.75, 3.05) is 7.11 Å². The van der Waals surface area contributed by atoms with Crippen LogP contribution < -0.4 is 0 Å². The minimum atomic E-state index is -0.0249. The second-order valence-corrected chi connectivity index (χ2v) is 5.78. The first-order valence-electron chi connectivity index (χ1n) is 5.40.